The van der Waals surface area contributed by atoms with Gasteiger partial charge in [0.15, 0.2) is 12.1 Å². The van der Waals surface area contributed by atoms with Crippen LogP contribution in [0.25, 0.3) is 0 Å². The molecule has 0 radical (unpaired) electrons. The Kier molecular flexibility index (Phi) is 7.18. The number of hydrogen-bond acceptors (Lipinski definition) is 4. The molecule has 3 rings (SSSR count). The maximum atomic E-state index is 13.1. The van der Waals surface area contributed by atoms with Crippen LogP contribution in [0.3, 0.4) is 0 Å². The highest BCUT2D eigenvalue weighted by Crippen LogP contribution is 2.35. The van der Waals surface area contributed by atoms with Crippen LogP contribution in [0, 0.1) is 12.8 Å². The summed E-state index contributed by atoms with van der Waals surface area (Å²) in [5.74, 6) is -0.558. The lowest BCUT2D eigenvalue weighted by molar-refractivity contribution is -0.127. The van der Waals surface area contributed by atoms with Gasteiger partial charge in [-0.05, 0) is 44.0 Å². The lowest BCUT2D eigenvalue weighted by Crippen LogP contribution is -2.48. The maximum absolute atomic E-state index is 13.1. The number of benzene rings is 2. The van der Waals surface area contributed by atoms with Gasteiger partial charge in [-0.1, -0.05) is 55.8 Å². The SMILES string of the molecule is Cc1ccc(CN2C(=O)OC(c3cccc(NC(=O)C(C)C)c3)C2C(=O)NC(C)C)cc1. The minimum absolute atomic E-state index is 0.0864. The Morgan fingerprint density at radius 3 is 2.38 bits per heavy atom. The van der Waals surface area contributed by atoms with Gasteiger partial charge in [-0.15, -0.1) is 0 Å². The van der Waals surface area contributed by atoms with Crippen molar-refractivity contribution in [3.8, 4) is 0 Å². The highest BCUT2D eigenvalue weighted by Gasteiger charge is 2.47. The van der Waals surface area contributed by atoms with Crippen LogP contribution in [0.1, 0.15) is 50.5 Å². The number of carbonyl (C=O) groups is 3. The van der Waals surface area contributed by atoms with Crippen molar-refractivity contribution < 1.29 is 19.1 Å². The molecule has 7 nitrogen and oxygen atoms in total. The van der Waals surface area contributed by atoms with Crippen LogP contribution in [0.15, 0.2) is 48.5 Å². The molecule has 7 heteroatoms. The van der Waals surface area contributed by atoms with E-state index in [1.807, 2.05) is 58.9 Å². The molecule has 1 fully saturated rings. The number of aryl methyl sites for hydroxylation is 1. The van der Waals surface area contributed by atoms with Crippen LogP contribution >= 0.6 is 0 Å². The van der Waals surface area contributed by atoms with E-state index in [-0.39, 0.29) is 30.3 Å². The summed E-state index contributed by atoms with van der Waals surface area (Å²) in [7, 11) is 0. The summed E-state index contributed by atoms with van der Waals surface area (Å²) in [4.78, 5) is 39.5. The fourth-order valence-corrected chi connectivity index (χ4v) is 3.55. The quantitative estimate of drug-likeness (QED) is 0.680. The van der Waals surface area contributed by atoms with E-state index in [4.69, 9.17) is 4.74 Å². The number of cyclic esters (lactones) is 1. The average Bonchev–Trinajstić information content (AvgIpc) is 3.05. The molecule has 1 aliphatic rings. The van der Waals surface area contributed by atoms with Crippen molar-refractivity contribution in [2.45, 2.75) is 59.4 Å². The first-order valence-corrected chi connectivity index (χ1v) is 10.9. The minimum atomic E-state index is -0.831. The van der Waals surface area contributed by atoms with Gasteiger partial charge in [-0.25, -0.2) is 4.79 Å². The molecular formula is C25H31N3O4. The molecule has 2 atom stereocenters. The third-order valence-electron chi connectivity index (χ3n) is 5.27. The zero-order valence-electron chi connectivity index (χ0n) is 19.2. The summed E-state index contributed by atoms with van der Waals surface area (Å²) in [5.41, 5.74) is 3.27. The van der Waals surface area contributed by atoms with Crippen LogP contribution in [0.4, 0.5) is 10.5 Å². The molecule has 2 N–H and O–H groups in total. The summed E-state index contributed by atoms with van der Waals surface area (Å²) in [5, 5.41) is 5.76. The number of nitrogens with one attached hydrogen (secondary N) is 2. The normalized spacial score (nSPS) is 18.1. The molecule has 0 spiro atoms. The first-order chi connectivity index (χ1) is 15.2. The first-order valence-electron chi connectivity index (χ1n) is 10.9. The van der Waals surface area contributed by atoms with Crippen LogP contribution < -0.4 is 10.6 Å². The number of ether oxygens (including phenoxy) is 1. The Hall–Kier alpha value is -3.35. The van der Waals surface area contributed by atoms with Gasteiger partial charge in [0, 0.05) is 17.6 Å². The van der Waals surface area contributed by atoms with Crippen molar-refractivity contribution in [3.05, 3.63) is 65.2 Å². The Morgan fingerprint density at radius 1 is 1.06 bits per heavy atom. The smallest absolute Gasteiger partial charge is 0.411 e. The van der Waals surface area contributed by atoms with Gasteiger partial charge in [0.2, 0.25) is 11.8 Å². The van der Waals surface area contributed by atoms with E-state index in [0.29, 0.717) is 11.3 Å². The number of rotatable bonds is 7. The molecule has 1 aliphatic heterocycles. The van der Waals surface area contributed by atoms with Crippen molar-refractivity contribution in [1.29, 1.82) is 0 Å². The number of hydrogen-bond donors (Lipinski definition) is 2. The van der Waals surface area contributed by atoms with Gasteiger partial charge < -0.3 is 15.4 Å². The van der Waals surface area contributed by atoms with Gasteiger partial charge in [0.1, 0.15) is 0 Å². The Balaban J connectivity index is 1.91. The molecule has 1 heterocycles. The fourth-order valence-electron chi connectivity index (χ4n) is 3.55. The summed E-state index contributed by atoms with van der Waals surface area (Å²) < 4.78 is 5.69. The fraction of sp³-hybridized carbons (Fsp3) is 0.400. The monoisotopic (exact) mass is 437 g/mol. The first kappa shape index (κ1) is 23.3. The lowest BCUT2D eigenvalue weighted by atomic mass is 9.99. The second-order valence-electron chi connectivity index (χ2n) is 8.80. The molecule has 1 saturated heterocycles. The van der Waals surface area contributed by atoms with E-state index in [0.717, 1.165) is 11.1 Å². The largest absolute Gasteiger partial charge is 0.438 e. The predicted octanol–water partition coefficient (Wildman–Crippen LogP) is 4.18. The molecule has 170 valence electrons. The Bertz CT molecular complexity index is 985. The average molecular weight is 438 g/mol. The van der Waals surface area contributed by atoms with E-state index in [9.17, 15) is 14.4 Å². The molecule has 0 bridgehead atoms. The summed E-state index contributed by atoms with van der Waals surface area (Å²) >= 11 is 0. The van der Waals surface area contributed by atoms with Crippen molar-refractivity contribution in [2.75, 3.05) is 5.32 Å². The van der Waals surface area contributed by atoms with Crippen LogP contribution in [-0.4, -0.2) is 34.9 Å². The van der Waals surface area contributed by atoms with Gasteiger partial charge in [-0.3, -0.25) is 14.5 Å². The van der Waals surface area contributed by atoms with E-state index >= 15 is 0 Å². The van der Waals surface area contributed by atoms with Gasteiger partial charge >= 0.3 is 6.09 Å². The number of anilines is 1. The van der Waals surface area contributed by atoms with Crippen LogP contribution in [0.2, 0.25) is 0 Å². The summed E-state index contributed by atoms with van der Waals surface area (Å²) in [6.45, 7) is 9.62. The highest BCUT2D eigenvalue weighted by atomic mass is 16.6. The van der Waals surface area contributed by atoms with E-state index in [1.54, 1.807) is 24.3 Å². The third kappa shape index (κ3) is 5.46. The predicted molar refractivity (Wildman–Crippen MR) is 123 cm³/mol. The zero-order valence-corrected chi connectivity index (χ0v) is 19.2. The van der Waals surface area contributed by atoms with Crippen molar-refractivity contribution in [2.24, 2.45) is 5.92 Å². The van der Waals surface area contributed by atoms with Gasteiger partial charge in [-0.2, -0.15) is 0 Å². The molecule has 3 amide bonds. The molecule has 2 aromatic carbocycles. The van der Waals surface area contributed by atoms with E-state index < -0.39 is 18.2 Å². The molecule has 2 aromatic rings. The Morgan fingerprint density at radius 2 is 1.75 bits per heavy atom. The number of amides is 3. The second kappa shape index (κ2) is 9.85. The zero-order chi connectivity index (χ0) is 23.4. The van der Waals surface area contributed by atoms with E-state index in [1.165, 1.54) is 4.90 Å². The topological polar surface area (TPSA) is 87.7 Å². The van der Waals surface area contributed by atoms with Crippen LogP contribution in [-0.2, 0) is 20.9 Å². The van der Waals surface area contributed by atoms with Gasteiger partial charge in [0.25, 0.3) is 0 Å². The standard InChI is InChI=1S/C25H31N3O4/c1-15(2)23(29)27-20-8-6-7-19(13-20)22-21(24(30)26-16(3)4)28(25(31)32-22)14-18-11-9-17(5)10-12-18/h6-13,15-16,21-22H,14H2,1-5H3,(H,26,30)(H,27,29). The van der Waals surface area contributed by atoms with E-state index in [2.05, 4.69) is 10.6 Å². The lowest BCUT2D eigenvalue weighted by Gasteiger charge is -2.25. The molecule has 2 unspecified atom stereocenters. The third-order valence-corrected chi connectivity index (χ3v) is 5.27. The highest BCUT2D eigenvalue weighted by molar-refractivity contribution is 5.92. The number of carbonyl (C=O) groups excluding carboxylic acids is 3. The summed E-state index contributed by atoms with van der Waals surface area (Å²) in [6, 6.07) is 14.0. The number of nitrogens with zero attached hydrogens (tertiary/aromatic N) is 1. The Labute approximate surface area is 189 Å². The minimum Gasteiger partial charge on any atom is -0.438 e. The van der Waals surface area contributed by atoms with Gasteiger partial charge in [0.05, 0.1) is 6.54 Å². The molecule has 0 aliphatic carbocycles. The second-order valence-corrected chi connectivity index (χ2v) is 8.80. The molecule has 0 saturated carbocycles. The molecular weight excluding hydrogens is 406 g/mol. The van der Waals surface area contributed by atoms with Crippen molar-refractivity contribution in [1.82, 2.24) is 10.2 Å². The summed E-state index contributed by atoms with van der Waals surface area (Å²) in [6.07, 6.45) is -1.33. The maximum Gasteiger partial charge on any atom is 0.411 e. The van der Waals surface area contributed by atoms with Crippen molar-refractivity contribution >= 4 is 23.6 Å². The van der Waals surface area contributed by atoms with Crippen molar-refractivity contribution in [3.63, 3.8) is 0 Å². The molecule has 0 aromatic heterocycles. The van der Waals surface area contributed by atoms with Crippen LogP contribution in [0.5, 0.6) is 0 Å². The molecule has 32 heavy (non-hydrogen) atoms.